The van der Waals surface area contributed by atoms with Crippen molar-refractivity contribution in [2.75, 3.05) is 42.9 Å². The van der Waals surface area contributed by atoms with E-state index in [1.807, 2.05) is 23.1 Å². The van der Waals surface area contributed by atoms with Crippen molar-refractivity contribution in [2.45, 2.75) is 12.6 Å². The predicted octanol–water partition coefficient (Wildman–Crippen LogP) is 3.80. The molecule has 4 rings (SSSR count). The summed E-state index contributed by atoms with van der Waals surface area (Å²) in [7, 11) is 0. The summed E-state index contributed by atoms with van der Waals surface area (Å²) in [4.78, 5) is 24.9. The van der Waals surface area contributed by atoms with Gasteiger partial charge in [0.1, 0.15) is 5.82 Å². The van der Waals surface area contributed by atoms with Crippen molar-refractivity contribution in [1.29, 1.82) is 0 Å². The molecule has 1 N–H and O–H groups in total. The van der Waals surface area contributed by atoms with Gasteiger partial charge in [-0.2, -0.15) is 13.2 Å². The van der Waals surface area contributed by atoms with Crippen LogP contribution in [0.4, 0.5) is 24.7 Å². The van der Waals surface area contributed by atoms with E-state index in [-0.39, 0.29) is 11.4 Å². The molecule has 0 bridgehead atoms. The Morgan fingerprint density at radius 2 is 1.81 bits per heavy atom. The molecule has 1 saturated heterocycles. The molecular weight excluding hydrogens is 407 g/mol. The molecule has 1 aromatic carbocycles. The topological polar surface area (TPSA) is 61.4 Å². The quantitative estimate of drug-likeness (QED) is 0.669. The number of nitrogens with zero attached hydrogens (tertiary/aromatic N) is 4. The number of piperazine rings is 1. The van der Waals surface area contributed by atoms with Gasteiger partial charge in [-0.05, 0) is 30.3 Å². The van der Waals surface area contributed by atoms with E-state index in [2.05, 4.69) is 20.2 Å². The fourth-order valence-electron chi connectivity index (χ4n) is 3.67. The fraction of sp³-hybridized carbons (Fsp3) is 0.318. The van der Waals surface area contributed by atoms with Crippen LogP contribution in [0.5, 0.6) is 0 Å². The molecule has 1 aliphatic rings. The van der Waals surface area contributed by atoms with Gasteiger partial charge in [0.05, 0.1) is 11.1 Å². The molecule has 1 fully saturated rings. The lowest BCUT2D eigenvalue weighted by Crippen LogP contribution is -2.49. The molecule has 3 heterocycles. The summed E-state index contributed by atoms with van der Waals surface area (Å²) >= 11 is 0. The van der Waals surface area contributed by atoms with E-state index >= 15 is 0 Å². The lowest BCUT2D eigenvalue weighted by molar-refractivity contribution is -0.137. The van der Waals surface area contributed by atoms with Gasteiger partial charge < -0.3 is 15.1 Å². The summed E-state index contributed by atoms with van der Waals surface area (Å²) in [6.45, 7) is 3.11. The summed E-state index contributed by atoms with van der Waals surface area (Å²) in [5.74, 6) is 0.959. The highest BCUT2D eigenvalue weighted by atomic mass is 19.4. The second-order valence-electron chi connectivity index (χ2n) is 7.32. The Morgan fingerprint density at radius 1 is 1.00 bits per heavy atom. The van der Waals surface area contributed by atoms with Crippen LogP contribution < -0.4 is 10.2 Å². The van der Waals surface area contributed by atoms with E-state index in [1.165, 1.54) is 12.3 Å². The number of halogens is 3. The van der Waals surface area contributed by atoms with Crippen LogP contribution in [-0.2, 0) is 11.0 Å². The first-order valence-electron chi connectivity index (χ1n) is 10.1. The van der Waals surface area contributed by atoms with Gasteiger partial charge in [-0.15, -0.1) is 0 Å². The predicted molar refractivity (Wildman–Crippen MR) is 113 cm³/mol. The van der Waals surface area contributed by atoms with E-state index < -0.39 is 11.7 Å². The van der Waals surface area contributed by atoms with Crippen molar-refractivity contribution in [3.05, 3.63) is 60.4 Å². The van der Waals surface area contributed by atoms with E-state index in [0.717, 1.165) is 31.0 Å². The average molecular weight is 429 g/mol. The van der Waals surface area contributed by atoms with Gasteiger partial charge in [0.2, 0.25) is 5.91 Å². The van der Waals surface area contributed by atoms with Gasteiger partial charge in [0.25, 0.3) is 0 Å². The largest absolute Gasteiger partial charge is 0.416 e. The Morgan fingerprint density at radius 3 is 2.52 bits per heavy atom. The van der Waals surface area contributed by atoms with Crippen LogP contribution in [0.25, 0.3) is 10.9 Å². The SMILES string of the molecule is O=C(CCNc1ccnc2cc(C(F)(F)F)ccc12)N1CCN(c2ccccn2)CC1. The minimum absolute atomic E-state index is 0.0471. The van der Waals surface area contributed by atoms with Crippen LogP contribution in [0.2, 0.25) is 0 Å². The summed E-state index contributed by atoms with van der Waals surface area (Å²) in [5, 5.41) is 3.75. The fourth-order valence-corrected chi connectivity index (χ4v) is 3.67. The number of carbonyl (C=O) groups is 1. The zero-order valence-electron chi connectivity index (χ0n) is 16.8. The van der Waals surface area contributed by atoms with Gasteiger partial charge >= 0.3 is 6.18 Å². The molecule has 0 atom stereocenters. The second kappa shape index (κ2) is 8.79. The molecule has 0 aliphatic carbocycles. The van der Waals surface area contributed by atoms with Crippen LogP contribution >= 0.6 is 0 Å². The first-order chi connectivity index (χ1) is 14.9. The van der Waals surface area contributed by atoms with Crippen molar-refractivity contribution >= 4 is 28.3 Å². The number of anilines is 2. The molecule has 1 amide bonds. The van der Waals surface area contributed by atoms with Crippen molar-refractivity contribution in [1.82, 2.24) is 14.9 Å². The van der Waals surface area contributed by atoms with Gasteiger partial charge in [-0.25, -0.2) is 4.98 Å². The third-order valence-electron chi connectivity index (χ3n) is 5.33. The van der Waals surface area contributed by atoms with Crippen LogP contribution in [0.3, 0.4) is 0 Å². The first-order valence-corrected chi connectivity index (χ1v) is 10.1. The molecular formula is C22H22F3N5O. The maximum Gasteiger partial charge on any atom is 0.416 e. The summed E-state index contributed by atoms with van der Waals surface area (Å²) in [5.41, 5.74) is 0.188. The minimum atomic E-state index is -4.41. The van der Waals surface area contributed by atoms with E-state index in [0.29, 0.717) is 37.1 Å². The number of hydrogen-bond donors (Lipinski definition) is 1. The van der Waals surface area contributed by atoms with Crippen LogP contribution in [-0.4, -0.2) is 53.5 Å². The highest BCUT2D eigenvalue weighted by molar-refractivity contribution is 5.91. The Bertz CT molecular complexity index is 1050. The zero-order valence-corrected chi connectivity index (χ0v) is 16.8. The third-order valence-corrected chi connectivity index (χ3v) is 5.33. The summed E-state index contributed by atoms with van der Waals surface area (Å²) in [6.07, 6.45) is -0.894. The molecule has 6 nitrogen and oxygen atoms in total. The molecule has 2 aromatic heterocycles. The molecule has 0 unspecified atom stereocenters. The lowest BCUT2D eigenvalue weighted by Gasteiger charge is -2.35. The van der Waals surface area contributed by atoms with Crippen molar-refractivity contribution in [3.8, 4) is 0 Å². The normalized spacial score (nSPS) is 14.7. The van der Waals surface area contributed by atoms with E-state index in [1.54, 1.807) is 12.3 Å². The third kappa shape index (κ3) is 4.87. The highest BCUT2D eigenvalue weighted by Gasteiger charge is 2.30. The lowest BCUT2D eigenvalue weighted by atomic mass is 10.1. The van der Waals surface area contributed by atoms with Crippen molar-refractivity contribution < 1.29 is 18.0 Å². The monoisotopic (exact) mass is 429 g/mol. The Balaban J connectivity index is 1.31. The van der Waals surface area contributed by atoms with Crippen LogP contribution in [0.15, 0.2) is 54.9 Å². The number of pyridine rings is 2. The number of benzene rings is 1. The number of nitrogens with one attached hydrogen (secondary N) is 1. The van der Waals surface area contributed by atoms with Gasteiger partial charge in [-0.3, -0.25) is 9.78 Å². The molecule has 9 heteroatoms. The number of alkyl halides is 3. The molecule has 162 valence electrons. The van der Waals surface area contributed by atoms with Crippen LogP contribution in [0.1, 0.15) is 12.0 Å². The van der Waals surface area contributed by atoms with Gasteiger partial charge in [0, 0.05) is 62.6 Å². The smallest absolute Gasteiger partial charge is 0.384 e. The summed E-state index contributed by atoms with van der Waals surface area (Å²) in [6, 6.07) is 11.0. The number of carbonyl (C=O) groups excluding carboxylic acids is 1. The Labute approximate surface area is 177 Å². The molecule has 31 heavy (non-hydrogen) atoms. The molecule has 0 spiro atoms. The second-order valence-corrected chi connectivity index (χ2v) is 7.32. The summed E-state index contributed by atoms with van der Waals surface area (Å²) < 4.78 is 38.7. The molecule has 1 aliphatic heterocycles. The number of fused-ring (bicyclic) bond motifs is 1. The maximum absolute atomic E-state index is 12.9. The Hall–Kier alpha value is -3.36. The van der Waals surface area contributed by atoms with Gasteiger partial charge in [0.15, 0.2) is 0 Å². The standard InChI is InChI=1S/C22H22F3N5O/c23-22(24,25)16-4-5-17-18(6-9-27-19(17)15-16)26-10-7-21(31)30-13-11-29(12-14-30)20-3-1-2-8-28-20/h1-6,8-9,15H,7,10-14H2,(H,26,27). The van der Waals surface area contributed by atoms with Crippen molar-refractivity contribution in [3.63, 3.8) is 0 Å². The van der Waals surface area contributed by atoms with Crippen molar-refractivity contribution in [2.24, 2.45) is 0 Å². The number of aromatic nitrogens is 2. The first kappa shape index (κ1) is 20.9. The van der Waals surface area contributed by atoms with E-state index in [4.69, 9.17) is 0 Å². The average Bonchev–Trinajstić information content (AvgIpc) is 2.79. The zero-order chi connectivity index (χ0) is 21.8. The minimum Gasteiger partial charge on any atom is -0.384 e. The highest BCUT2D eigenvalue weighted by Crippen LogP contribution is 2.32. The molecule has 0 radical (unpaired) electrons. The van der Waals surface area contributed by atoms with Crippen LogP contribution in [0, 0.1) is 0 Å². The Kier molecular flexibility index (Phi) is 5.92. The number of hydrogen-bond acceptors (Lipinski definition) is 5. The van der Waals surface area contributed by atoms with Gasteiger partial charge in [-0.1, -0.05) is 12.1 Å². The number of rotatable bonds is 5. The molecule has 3 aromatic rings. The molecule has 0 saturated carbocycles. The number of amides is 1. The maximum atomic E-state index is 12.9. The van der Waals surface area contributed by atoms with E-state index in [9.17, 15) is 18.0 Å².